The summed E-state index contributed by atoms with van der Waals surface area (Å²) in [5.74, 6) is 0. The lowest BCUT2D eigenvalue weighted by Gasteiger charge is -2.32. The first-order valence-electron chi connectivity index (χ1n) is 13.6. The number of hydrogen-bond donors (Lipinski definition) is 0. The monoisotopic (exact) mass is 501 g/mol. The average Bonchev–Trinajstić information content (AvgIpc) is 3.54. The Hall–Kier alpha value is -4.62. The van der Waals surface area contributed by atoms with Crippen molar-refractivity contribution in [3.05, 3.63) is 161 Å². The number of fused-ring (bicyclic) bond motifs is 7. The highest BCUT2D eigenvalue weighted by Crippen LogP contribution is 2.63. The molecule has 0 saturated carbocycles. The van der Waals surface area contributed by atoms with Gasteiger partial charge in [-0.3, -0.25) is 0 Å². The third-order valence-corrected chi connectivity index (χ3v) is 9.04. The largest absolute Gasteiger partial charge is 0.343 e. The number of rotatable bonds is 3. The molecule has 2 aliphatic carbocycles. The minimum Gasteiger partial charge on any atom is -0.343 e. The third-order valence-electron chi connectivity index (χ3n) is 9.04. The van der Waals surface area contributed by atoms with E-state index in [-0.39, 0.29) is 5.41 Å². The van der Waals surface area contributed by atoms with E-state index in [0.717, 1.165) is 0 Å². The van der Waals surface area contributed by atoms with E-state index in [1.54, 1.807) is 0 Å². The Bertz CT molecular complexity index is 1970. The number of hydrogen-bond acceptors (Lipinski definition) is 0. The number of para-hydroxylation sites is 2. The second-order valence-electron chi connectivity index (χ2n) is 10.6. The van der Waals surface area contributed by atoms with Gasteiger partial charge in [0.05, 0.1) is 10.9 Å². The molecule has 39 heavy (non-hydrogen) atoms. The van der Waals surface area contributed by atoms with Gasteiger partial charge in [0.15, 0.2) is 0 Å². The van der Waals surface area contributed by atoms with Gasteiger partial charge < -0.3 is 4.57 Å². The van der Waals surface area contributed by atoms with Gasteiger partial charge in [-0.15, -0.1) is 0 Å². The highest BCUT2D eigenvalue weighted by atomic mass is 14.9. The van der Waals surface area contributed by atoms with Crippen LogP contribution in [0.25, 0.3) is 38.5 Å². The van der Waals surface area contributed by atoms with Crippen LogP contribution in [0.4, 0.5) is 0 Å². The summed E-state index contributed by atoms with van der Waals surface area (Å²) in [6.07, 6.45) is 6.42. The lowest BCUT2D eigenvalue weighted by atomic mass is 9.69. The molecular formula is C38H31N. The van der Waals surface area contributed by atoms with E-state index in [2.05, 4.69) is 142 Å². The fraction of sp³-hybridized carbons (Fsp3) is 0.105. The third kappa shape index (κ3) is 2.80. The lowest BCUT2D eigenvalue weighted by Crippen LogP contribution is -2.26. The molecule has 0 saturated heterocycles. The number of aromatic nitrogens is 1. The van der Waals surface area contributed by atoms with Gasteiger partial charge in [0.25, 0.3) is 0 Å². The van der Waals surface area contributed by atoms with Crippen LogP contribution in [0.5, 0.6) is 0 Å². The molecule has 1 nitrogen and oxygen atoms in total. The van der Waals surface area contributed by atoms with Gasteiger partial charge in [-0.25, -0.2) is 0 Å². The Balaban J connectivity index is 1.64. The number of aryl methyl sites for hydroxylation is 1. The molecule has 5 aromatic rings. The molecule has 4 aromatic carbocycles. The molecule has 1 atom stereocenters. The van der Waals surface area contributed by atoms with Crippen LogP contribution in [0, 0.1) is 0 Å². The summed E-state index contributed by atoms with van der Waals surface area (Å²) in [7, 11) is 2.18. The Labute approximate surface area is 230 Å². The fourth-order valence-corrected chi connectivity index (χ4v) is 7.57. The maximum absolute atomic E-state index is 4.40. The molecule has 188 valence electrons. The summed E-state index contributed by atoms with van der Waals surface area (Å²) in [6.45, 7) is 13.1. The quantitative estimate of drug-likeness (QED) is 0.232. The Morgan fingerprint density at radius 2 is 1.41 bits per heavy atom. The molecule has 1 heterocycles. The van der Waals surface area contributed by atoms with Gasteiger partial charge in [-0.1, -0.05) is 116 Å². The van der Waals surface area contributed by atoms with Gasteiger partial charge in [0.1, 0.15) is 0 Å². The molecule has 1 spiro atoms. The highest BCUT2D eigenvalue weighted by molar-refractivity contribution is 6.17. The van der Waals surface area contributed by atoms with Crippen LogP contribution in [0.1, 0.15) is 41.7 Å². The molecule has 0 fully saturated rings. The molecule has 7 rings (SSSR count). The van der Waals surface area contributed by atoms with Crippen LogP contribution in [0.2, 0.25) is 0 Å². The molecule has 2 aliphatic rings. The van der Waals surface area contributed by atoms with E-state index >= 15 is 0 Å². The highest BCUT2D eigenvalue weighted by Gasteiger charge is 2.52. The molecule has 1 heteroatoms. The summed E-state index contributed by atoms with van der Waals surface area (Å²) in [5.41, 5.74) is 14.9. The molecule has 0 bridgehead atoms. The van der Waals surface area contributed by atoms with Crippen molar-refractivity contribution in [2.45, 2.75) is 19.3 Å². The predicted molar refractivity (Wildman–Crippen MR) is 168 cm³/mol. The molecule has 0 radical (unpaired) electrons. The van der Waals surface area contributed by atoms with Crippen molar-refractivity contribution in [3.8, 4) is 0 Å². The molecular weight excluding hydrogens is 470 g/mol. The molecule has 0 amide bonds. The van der Waals surface area contributed by atoms with Crippen LogP contribution in [-0.2, 0) is 12.5 Å². The van der Waals surface area contributed by atoms with E-state index in [0.29, 0.717) is 0 Å². The zero-order valence-corrected chi connectivity index (χ0v) is 22.8. The molecule has 0 N–H and O–H groups in total. The second-order valence-corrected chi connectivity index (χ2v) is 10.6. The first-order chi connectivity index (χ1) is 19.1. The first-order valence-corrected chi connectivity index (χ1v) is 13.6. The maximum atomic E-state index is 4.40. The van der Waals surface area contributed by atoms with E-state index in [1.165, 1.54) is 77.5 Å². The lowest BCUT2D eigenvalue weighted by molar-refractivity contribution is 0.766. The van der Waals surface area contributed by atoms with E-state index < -0.39 is 0 Å². The Morgan fingerprint density at radius 1 is 0.769 bits per heavy atom. The fourth-order valence-electron chi connectivity index (χ4n) is 7.57. The van der Waals surface area contributed by atoms with Crippen LogP contribution in [0.3, 0.4) is 0 Å². The maximum Gasteiger partial charge on any atom is 0.0682 e. The van der Waals surface area contributed by atoms with Crippen molar-refractivity contribution < 1.29 is 0 Å². The van der Waals surface area contributed by atoms with Crippen molar-refractivity contribution in [1.82, 2.24) is 4.57 Å². The van der Waals surface area contributed by atoms with Crippen LogP contribution < -0.4 is 0 Å². The smallest absolute Gasteiger partial charge is 0.0682 e. The Morgan fingerprint density at radius 3 is 2.13 bits per heavy atom. The number of nitrogens with zero attached hydrogens (tertiary/aromatic N) is 1. The summed E-state index contributed by atoms with van der Waals surface area (Å²) in [6, 6.07) is 33.1. The zero-order valence-electron chi connectivity index (χ0n) is 22.8. The van der Waals surface area contributed by atoms with E-state index in [4.69, 9.17) is 0 Å². The Kier molecular flexibility index (Phi) is 5.09. The second kappa shape index (κ2) is 8.44. The van der Waals surface area contributed by atoms with Gasteiger partial charge >= 0.3 is 0 Å². The molecule has 1 aromatic heterocycles. The minimum absolute atomic E-state index is 0.359. The van der Waals surface area contributed by atoms with Crippen molar-refractivity contribution in [3.63, 3.8) is 0 Å². The normalized spacial score (nSPS) is 20.2. The van der Waals surface area contributed by atoms with Gasteiger partial charge in [-0.05, 0) is 70.0 Å². The zero-order chi connectivity index (χ0) is 26.9. The van der Waals surface area contributed by atoms with Crippen molar-refractivity contribution >= 4 is 38.5 Å². The SMILES string of the molecule is C=CC1=C(C)C2(C(=C/C)/C(=C(\C=C)c3cccc4c5ccccc5n(C)c34)c3ccccc32)c2ccccc21. The number of benzene rings is 4. The average molecular weight is 502 g/mol. The first kappa shape index (κ1) is 23.5. The summed E-state index contributed by atoms with van der Waals surface area (Å²) in [5, 5.41) is 2.55. The van der Waals surface area contributed by atoms with E-state index in [9.17, 15) is 0 Å². The van der Waals surface area contributed by atoms with Crippen molar-refractivity contribution in [1.29, 1.82) is 0 Å². The molecule has 1 unspecified atom stereocenters. The van der Waals surface area contributed by atoms with Crippen molar-refractivity contribution in [2.24, 2.45) is 7.05 Å². The predicted octanol–water partition coefficient (Wildman–Crippen LogP) is 9.65. The number of allylic oxidation sites excluding steroid dienone is 8. The van der Waals surface area contributed by atoms with E-state index in [1.807, 2.05) is 6.08 Å². The standard InChI is InChI=1S/C38H31N/c1-6-25-24(4)38(33-21-12-9-16-27(25)33)32(8-3)36(31-18-10-13-22-34(31)38)26(7-2)29-19-15-20-30-28-17-11-14-23-35(28)39(5)37(29)30/h6-23H,1-2H2,3-5H3/b32-8+,36-26+. The topological polar surface area (TPSA) is 4.93 Å². The van der Waals surface area contributed by atoms with Gasteiger partial charge in [-0.2, -0.15) is 0 Å². The minimum atomic E-state index is -0.359. The van der Waals surface area contributed by atoms with Gasteiger partial charge in [0.2, 0.25) is 0 Å². The summed E-state index contributed by atoms with van der Waals surface area (Å²) < 4.78 is 2.34. The van der Waals surface area contributed by atoms with Crippen molar-refractivity contribution in [2.75, 3.05) is 0 Å². The molecule has 0 aliphatic heterocycles. The van der Waals surface area contributed by atoms with Crippen LogP contribution in [0.15, 0.2) is 134 Å². The van der Waals surface area contributed by atoms with Gasteiger partial charge in [0, 0.05) is 28.9 Å². The summed E-state index contributed by atoms with van der Waals surface area (Å²) >= 11 is 0. The van der Waals surface area contributed by atoms with Crippen LogP contribution in [-0.4, -0.2) is 4.57 Å². The summed E-state index contributed by atoms with van der Waals surface area (Å²) in [4.78, 5) is 0. The van der Waals surface area contributed by atoms with Crippen LogP contribution >= 0.6 is 0 Å².